The van der Waals surface area contributed by atoms with Gasteiger partial charge in [-0.3, -0.25) is 14.2 Å². The second-order valence-corrected chi connectivity index (χ2v) is 7.39. The summed E-state index contributed by atoms with van der Waals surface area (Å²) in [5.41, 5.74) is 2.50. The monoisotopic (exact) mass is 366 g/mol. The average Bonchev–Trinajstić information content (AvgIpc) is 2.66. The number of fused-ring (bicyclic) bond motifs is 1. The minimum atomic E-state index is -0.0622. The van der Waals surface area contributed by atoms with Crippen molar-refractivity contribution in [3.05, 3.63) is 70.0 Å². The Morgan fingerprint density at radius 3 is 2.46 bits per heavy atom. The lowest BCUT2D eigenvalue weighted by Gasteiger charge is -2.15. The highest BCUT2D eigenvalue weighted by atomic mass is 32.2. The van der Waals surface area contributed by atoms with Crippen LogP contribution < -0.4 is 5.56 Å². The summed E-state index contributed by atoms with van der Waals surface area (Å²) >= 11 is 1.32. The second kappa shape index (κ2) is 7.87. The van der Waals surface area contributed by atoms with E-state index in [0.717, 1.165) is 6.42 Å². The zero-order chi connectivity index (χ0) is 18.7. The first-order chi connectivity index (χ1) is 12.5. The quantitative estimate of drug-likeness (QED) is 0.366. The number of hydrogen-bond donors (Lipinski definition) is 0. The zero-order valence-electron chi connectivity index (χ0n) is 15.2. The number of ketones is 1. The predicted octanol–water partition coefficient (Wildman–Crippen LogP) is 4.51. The number of thioether (sulfide) groups is 1. The first-order valence-corrected chi connectivity index (χ1v) is 9.76. The topological polar surface area (TPSA) is 52.0 Å². The van der Waals surface area contributed by atoms with Crippen LogP contribution >= 0.6 is 11.8 Å². The lowest BCUT2D eigenvalue weighted by molar-refractivity contribution is 0.102. The van der Waals surface area contributed by atoms with Gasteiger partial charge in [0.2, 0.25) is 0 Å². The standard InChI is InChI=1S/C21H22N2O2S/c1-4-15-9-11-16(12-10-15)19(24)13-26-21-22-18-8-6-5-7-17(18)20(25)23(21)14(2)3/h5-12,14H,4,13H2,1-3H3. The van der Waals surface area contributed by atoms with E-state index in [9.17, 15) is 9.59 Å². The van der Waals surface area contributed by atoms with Crippen LogP contribution in [0.1, 0.15) is 42.7 Å². The Labute approximate surface area is 157 Å². The molecule has 0 amide bonds. The molecule has 2 aromatic carbocycles. The van der Waals surface area contributed by atoms with Gasteiger partial charge in [0, 0.05) is 11.6 Å². The van der Waals surface area contributed by atoms with Crippen LogP contribution in [-0.2, 0) is 6.42 Å². The Morgan fingerprint density at radius 1 is 1.12 bits per heavy atom. The minimum absolute atomic E-state index is 0.0268. The van der Waals surface area contributed by atoms with E-state index >= 15 is 0 Å². The number of aromatic nitrogens is 2. The fourth-order valence-electron chi connectivity index (χ4n) is 2.82. The zero-order valence-corrected chi connectivity index (χ0v) is 16.0. The molecule has 3 rings (SSSR count). The van der Waals surface area contributed by atoms with Crippen LogP contribution in [0.4, 0.5) is 0 Å². The highest BCUT2D eigenvalue weighted by Gasteiger charge is 2.15. The van der Waals surface area contributed by atoms with Crippen molar-refractivity contribution in [3.63, 3.8) is 0 Å². The van der Waals surface area contributed by atoms with E-state index in [2.05, 4.69) is 11.9 Å². The lowest BCUT2D eigenvalue weighted by Crippen LogP contribution is -2.25. The van der Waals surface area contributed by atoms with Gasteiger partial charge >= 0.3 is 0 Å². The first-order valence-electron chi connectivity index (χ1n) is 8.77. The summed E-state index contributed by atoms with van der Waals surface area (Å²) in [4.78, 5) is 29.9. The third kappa shape index (κ3) is 3.73. The number of para-hydroxylation sites is 1. The van der Waals surface area contributed by atoms with Gasteiger partial charge in [0.25, 0.3) is 5.56 Å². The molecule has 4 nitrogen and oxygen atoms in total. The maximum atomic E-state index is 12.8. The summed E-state index contributed by atoms with van der Waals surface area (Å²) < 4.78 is 1.67. The van der Waals surface area contributed by atoms with Crippen LogP contribution in [0.15, 0.2) is 58.5 Å². The Kier molecular flexibility index (Phi) is 5.57. The maximum Gasteiger partial charge on any atom is 0.262 e. The maximum absolute atomic E-state index is 12.8. The third-order valence-corrected chi connectivity index (χ3v) is 5.26. The van der Waals surface area contributed by atoms with Gasteiger partial charge in [-0.1, -0.05) is 55.1 Å². The molecular formula is C21H22N2O2S. The van der Waals surface area contributed by atoms with Gasteiger partial charge in [-0.05, 0) is 38.0 Å². The number of benzene rings is 2. The van der Waals surface area contributed by atoms with Crippen LogP contribution in [0, 0.1) is 0 Å². The number of rotatable bonds is 6. The largest absolute Gasteiger partial charge is 0.293 e. The van der Waals surface area contributed by atoms with Crippen molar-refractivity contribution in [2.24, 2.45) is 0 Å². The van der Waals surface area contributed by atoms with Crippen molar-refractivity contribution >= 4 is 28.4 Å². The van der Waals surface area contributed by atoms with Crippen molar-refractivity contribution in [2.45, 2.75) is 38.4 Å². The molecule has 0 atom stereocenters. The van der Waals surface area contributed by atoms with Crippen molar-refractivity contribution in [2.75, 3.05) is 5.75 Å². The van der Waals surface area contributed by atoms with Crippen LogP contribution in [0.5, 0.6) is 0 Å². The Morgan fingerprint density at radius 2 is 1.81 bits per heavy atom. The molecule has 1 heterocycles. The highest BCUT2D eigenvalue weighted by molar-refractivity contribution is 7.99. The minimum Gasteiger partial charge on any atom is -0.293 e. The summed E-state index contributed by atoms with van der Waals surface area (Å²) in [6, 6.07) is 15.0. The van der Waals surface area contributed by atoms with Crippen molar-refractivity contribution < 1.29 is 4.79 Å². The van der Waals surface area contributed by atoms with E-state index in [4.69, 9.17) is 0 Å². The molecule has 0 saturated heterocycles. The van der Waals surface area contributed by atoms with Crippen LogP contribution in [0.2, 0.25) is 0 Å². The number of Topliss-reactive ketones (excluding diaryl/α,β-unsaturated/α-hetero) is 1. The normalized spacial score (nSPS) is 11.2. The summed E-state index contributed by atoms with van der Waals surface area (Å²) in [5, 5.41) is 1.19. The molecule has 0 unspecified atom stereocenters. The molecule has 0 aliphatic carbocycles. The summed E-state index contributed by atoms with van der Waals surface area (Å²) in [6.45, 7) is 5.99. The van der Waals surface area contributed by atoms with Gasteiger partial charge in [-0.15, -0.1) is 0 Å². The SMILES string of the molecule is CCc1ccc(C(=O)CSc2nc3ccccc3c(=O)n2C(C)C)cc1. The molecule has 3 aromatic rings. The first kappa shape index (κ1) is 18.4. The Hall–Kier alpha value is -2.40. The molecule has 5 heteroatoms. The van der Waals surface area contributed by atoms with E-state index in [1.54, 1.807) is 10.6 Å². The molecule has 0 aliphatic heterocycles. The predicted molar refractivity (Wildman–Crippen MR) is 107 cm³/mol. The number of carbonyl (C=O) groups excluding carboxylic acids is 1. The molecule has 0 N–H and O–H groups in total. The van der Waals surface area contributed by atoms with Gasteiger partial charge in [0.1, 0.15) is 0 Å². The number of aryl methyl sites for hydroxylation is 1. The molecule has 0 spiro atoms. The molecule has 1 aromatic heterocycles. The van der Waals surface area contributed by atoms with E-state index in [1.807, 2.05) is 56.3 Å². The average molecular weight is 366 g/mol. The number of hydrogen-bond acceptors (Lipinski definition) is 4. The molecule has 0 bridgehead atoms. The Bertz CT molecular complexity index is 991. The van der Waals surface area contributed by atoms with Gasteiger partial charge in [0.05, 0.1) is 16.7 Å². The summed E-state index contributed by atoms with van der Waals surface area (Å²) in [6.07, 6.45) is 0.949. The molecule has 0 fully saturated rings. The van der Waals surface area contributed by atoms with Gasteiger partial charge in [-0.2, -0.15) is 0 Å². The molecule has 0 radical (unpaired) electrons. The fourth-order valence-corrected chi connectivity index (χ4v) is 3.85. The van der Waals surface area contributed by atoms with E-state index < -0.39 is 0 Å². The van der Waals surface area contributed by atoms with E-state index in [1.165, 1.54) is 17.3 Å². The van der Waals surface area contributed by atoms with Crippen LogP contribution in [-0.4, -0.2) is 21.1 Å². The van der Waals surface area contributed by atoms with Crippen LogP contribution in [0.3, 0.4) is 0 Å². The summed E-state index contributed by atoms with van der Waals surface area (Å²) in [5.74, 6) is 0.290. The van der Waals surface area contributed by atoms with Crippen molar-refractivity contribution in [3.8, 4) is 0 Å². The van der Waals surface area contributed by atoms with Gasteiger partial charge < -0.3 is 0 Å². The molecule has 26 heavy (non-hydrogen) atoms. The molecule has 0 saturated carbocycles. The van der Waals surface area contributed by atoms with Crippen molar-refractivity contribution in [1.29, 1.82) is 0 Å². The second-order valence-electron chi connectivity index (χ2n) is 6.44. The lowest BCUT2D eigenvalue weighted by atomic mass is 10.1. The van der Waals surface area contributed by atoms with Gasteiger partial charge in [-0.25, -0.2) is 4.98 Å². The molecule has 0 aliphatic rings. The molecule has 134 valence electrons. The van der Waals surface area contributed by atoms with Crippen LogP contribution in [0.25, 0.3) is 10.9 Å². The highest BCUT2D eigenvalue weighted by Crippen LogP contribution is 2.22. The number of carbonyl (C=O) groups is 1. The summed E-state index contributed by atoms with van der Waals surface area (Å²) in [7, 11) is 0. The van der Waals surface area contributed by atoms with Gasteiger partial charge in [0.15, 0.2) is 10.9 Å². The van der Waals surface area contributed by atoms with E-state index in [-0.39, 0.29) is 23.1 Å². The molecular weight excluding hydrogens is 344 g/mol. The third-order valence-electron chi connectivity index (χ3n) is 4.31. The van der Waals surface area contributed by atoms with E-state index in [0.29, 0.717) is 21.6 Å². The fraction of sp³-hybridized carbons (Fsp3) is 0.286. The Balaban J connectivity index is 1.89. The van der Waals surface area contributed by atoms with Crippen molar-refractivity contribution in [1.82, 2.24) is 9.55 Å². The number of nitrogens with zero attached hydrogens (tertiary/aromatic N) is 2. The smallest absolute Gasteiger partial charge is 0.262 e.